The monoisotopic (exact) mass is 361 g/mol. The molecule has 0 bridgehead atoms. The van der Waals surface area contributed by atoms with Gasteiger partial charge in [-0.1, -0.05) is 6.07 Å². The summed E-state index contributed by atoms with van der Waals surface area (Å²) in [5.74, 6) is 0.978. The fraction of sp³-hybridized carbons (Fsp3) is 0.429. The zero-order valence-corrected chi connectivity index (χ0v) is 15.3. The Morgan fingerprint density at radius 3 is 2.81 bits per heavy atom. The van der Waals surface area contributed by atoms with E-state index in [-0.39, 0.29) is 11.3 Å². The highest BCUT2D eigenvalue weighted by Gasteiger charge is 2.42. The van der Waals surface area contributed by atoms with Gasteiger partial charge in [0.2, 0.25) is 5.91 Å². The number of nitrogens with zero attached hydrogens (tertiary/aromatic N) is 5. The zero-order valence-electron chi connectivity index (χ0n) is 15.3. The first-order valence-electron chi connectivity index (χ1n) is 9.47. The first-order valence-corrected chi connectivity index (χ1v) is 9.47. The van der Waals surface area contributed by atoms with Gasteiger partial charge in [-0.2, -0.15) is 5.26 Å². The first-order chi connectivity index (χ1) is 13.2. The summed E-state index contributed by atoms with van der Waals surface area (Å²) in [6.45, 7) is 3.05. The maximum Gasteiger partial charge on any atom is 0.222 e. The number of piperidine rings is 2. The number of carbonyl (C=O) groups excluding carboxylic acids is 1. The van der Waals surface area contributed by atoms with Crippen molar-refractivity contribution in [1.29, 1.82) is 5.26 Å². The molecule has 2 aliphatic rings. The number of rotatable bonds is 3. The predicted octanol–water partition coefficient (Wildman–Crippen LogP) is 2.76. The van der Waals surface area contributed by atoms with Crippen molar-refractivity contribution < 1.29 is 4.79 Å². The zero-order chi connectivity index (χ0) is 18.7. The summed E-state index contributed by atoms with van der Waals surface area (Å²) in [6.07, 6.45) is 7.14. The SMILES string of the molecule is N#Cc1cccnc1N1CCC[C@@]2(CCC(=O)N(Cc3ccccn3)C2)C1. The molecule has 2 saturated heterocycles. The summed E-state index contributed by atoms with van der Waals surface area (Å²) >= 11 is 0. The molecule has 1 amide bonds. The van der Waals surface area contributed by atoms with Crippen LogP contribution in [0.3, 0.4) is 0 Å². The van der Waals surface area contributed by atoms with Crippen molar-refractivity contribution in [2.24, 2.45) is 5.41 Å². The molecule has 0 unspecified atom stereocenters. The van der Waals surface area contributed by atoms with Crippen molar-refractivity contribution in [2.75, 3.05) is 24.5 Å². The summed E-state index contributed by atoms with van der Waals surface area (Å²) in [6, 6.07) is 11.7. The van der Waals surface area contributed by atoms with Crippen LogP contribution in [0.25, 0.3) is 0 Å². The number of pyridine rings is 2. The number of carbonyl (C=O) groups is 1. The van der Waals surface area contributed by atoms with Gasteiger partial charge in [-0.25, -0.2) is 4.98 Å². The quantitative estimate of drug-likeness (QED) is 0.840. The van der Waals surface area contributed by atoms with E-state index in [1.54, 1.807) is 18.5 Å². The minimum absolute atomic E-state index is 0.0607. The van der Waals surface area contributed by atoms with Gasteiger partial charge < -0.3 is 9.80 Å². The van der Waals surface area contributed by atoms with E-state index >= 15 is 0 Å². The minimum atomic E-state index is 0.0607. The van der Waals surface area contributed by atoms with Gasteiger partial charge in [-0.3, -0.25) is 9.78 Å². The Balaban J connectivity index is 1.53. The Morgan fingerprint density at radius 2 is 2.00 bits per heavy atom. The van der Waals surface area contributed by atoms with Crippen molar-refractivity contribution >= 4 is 11.7 Å². The lowest BCUT2D eigenvalue weighted by Crippen LogP contribution is -2.54. The molecule has 2 aliphatic heterocycles. The van der Waals surface area contributed by atoms with Gasteiger partial charge in [-0.05, 0) is 43.5 Å². The lowest BCUT2D eigenvalue weighted by molar-refractivity contribution is -0.138. The molecule has 2 fully saturated rings. The molecule has 6 nitrogen and oxygen atoms in total. The number of hydrogen-bond acceptors (Lipinski definition) is 5. The van der Waals surface area contributed by atoms with Crippen LogP contribution in [0.4, 0.5) is 5.82 Å². The van der Waals surface area contributed by atoms with Crippen molar-refractivity contribution in [3.63, 3.8) is 0 Å². The average Bonchev–Trinajstić information content (AvgIpc) is 2.72. The summed E-state index contributed by atoms with van der Waals surface area (Å²) in [4.78, 5) is 25.5. The lowest BCUT2D eigenvalue weighted by Gasteiger charge is -2.48. The lowest BCUT2D eigenvalue weighted by atomic mass is 9.73. The van der Waals surface area contributed by atoms with E-state index < -0.39 is 0 Å². The van der Waals surface area contributed by atoms with E-state index in [1.165, 1.54) is 0 Å². The molecule has 2 aromatic rings. The summed E-state index contributed by atoms with van der Waals surface area (Å²) in [7, 11) is 0. The fourth-order valence-corrected chi connectivity index (χ4v) is 4.39. The van der Waals surface area contributed by atoms with Crippen molar-refractivity contribution in [3.8, 4) is 6.07 Å². The van der Waals surface area contributed by atoms with Crippen LogP contribution in [0.5, 0.6) is 0 Å². The summed E-state index contributed by atoms with van der Waals surface area (Å²) < 4.78 is 0. The molecule has 1 atom stereocenters. The van der Waals surface area contributed by atoms with Gasteiger partial charge in [0, 0.05) is 43.9 Å². The molecule has 0 aromatic carbocycles. The normalized spacial score (nSPS) is 22.7. The molecule has 4 rings (SSSR count). The van der Waals surface area contributed by atoms with Gasteiger partial charge in [0.25, 0.3) is 0 Å². The smallest absolute Gasteiger partial charge is 0.222 e. The number of likely N-dealkylation sites (tertiary alicyclic amines) is 1. The van der Waals surface area contributed by atoms with Crippen LogP contribution < -0.4 is 4.90 Å². The Morgan fingerprint density at radius 1 is 1.11 bits per heavy atom. The topological polar surface area (TPSA) is 73.1 Å². The summed E-state index contributed by atoms with van der Waals surface area (Å²) in [5, 5.41) is 9.42. The maximum absolute atomic E-state index is 12.5. The molecule has 2 aromatic heterocycles. The molecule has 138 valence electrons. The van der Waals surface area contributed by atoms with Gasteiger partial charge in [0.1, 0.15) is 11.9 Å². The third-order valence-corrected chi connectivity index (χ3v) is 5.70. The summed E-state index contributed by atoms with van der Waals surface area (Å²) in [5.41, 5.74) is 1.60. The molecular weight excluding hydrogens is 338 g/mol. The number of hydrogen-bond donors (Lipinski definition) is 0. The van der Waals surface area contributed by atoms with E-state index in [0.29, 0.717) is 18.5 Å². The molecule has 1 spiro atoms. The van der Waals surface area contributed by atoms with Crippen LogP contribution in [-0.4, -0.2) is 40.4 Å². The Labute approximate surface area is 159 Å². The van der Waals surface area contributed by atoms with Crippen LogP contribution in [0.15, 0.2) is 42.7 Å². The highest BCUT2D eigenvalue weighted by molar-refractivity contribution is 5.77. The van der Waals surface area contributed by atoms with E-state index in [4.69, 9.17) is 0 Å². The average molecular weight is 361 g/mol. The molecule has 4 heterocycles. The Kier molecular flexibility index (Phi) is 4.76. The minimum Gasteiger partial charge on any atom is -0.355 e. The largest absolute Gasteiger partial charge is 0.355 e. The standard InChI is InChI=1S/C21H23N5O/c22-13-17-5-3-11-24-20(17)25-12-4-8-21(15-25)9-7-19(27)26(16-21)14-18-6-1-2-10-23-18/h1-3,5-6,10-11H,4,7-9,12,14-16H2/t21-/m1/s1. The van der Waals surface area contributed by atoms with Crippen molar-refractivity contribution in [3.05, 3.63) is 54.0 Å². The van der Waals surface area contributed by atoms with Crippen LogP contribution in [0.2, 0.25) is 0 Å². The molecular formula is C21H23N5O. The van der Waals surface area contributed by atoms with Gasteiger partial charge in [-0.15, -0.1) is 0 Å². The highest BCUT2D eigenvalue weighted by atomic mass is 16.2. The number of anilines is 1. The van der Waals surface area contributed by atoms with Gasteiger partial charge in [0.15, 0.2) is 0 Å². The fourth-order valence-electron chi connectivity index (χ4n) is 4.39. The third-order valence-electron chi connectivity index (χ3n) is 5.70. The maximum atomic E-state index is 12.5. The molecule has 27 heavy (non-hydrogen) atoms. The Bertz CT molecular complexity index is 862. The third kappa shape index (κ3) is 3.63. The van der Waals surface area contributed by atoms with Crippen LogP contribution in [0.1, 0.15) is 36.9 Å². The van der Waals surface area contributed by atoms with Gasteiger partial charge in [0.05, 0.1) is 17.8 Å². The highest BCUT2D eigenvalue weighted by Crippen LogP contribution is 2.40. The number of aromatic nitrogens is 2. The molecule has 6 heteroatoms. The molecule has 0 aliphatic carbocycles. The predicted molar refractivity (Wildman–Crippen MR) is 102 cm³/mol. The van der Waals surface area contributed by atoms with E-state index in [2.05, 4.69) is 20.9 Å². The van der Waals surface area contributed by atoms with E-state index in [0.717, 1.165) is 50.4 Å². The Hall–Kier alpha value is -2.94. The van der Waals surface area contributed by atoms with Crippen LogP contribution in [0, 0.1) is 16.7 Å². The molecule has 0 N–H and O–H groups in total. The second-order valence-electron chi connectivity index (χ2n) is 7.58. The van der Waals surface area contributed by atoms with Crippen molar-refractivity contribution in [1.82, 2.24) is 14.9 Å². The second kappa shape index (κ2) is 7.36. The molecule has 0 saturated carbocycles. The van der Waals surface area contributed by atoms with Gasteiger partial charge >= 0.3 is 0 Å². The van der Waals surface area contributed by atoms with Crippen LogP contribution in [-0.2, 0) is 11.3 Å². The van der Waals surface area contributed by atoms with E-state index in [9.17, 15) is 10.1 Å². The molecule has 0 radical (unpaired) electrons. The number of nitriles is 1. The number of amides is 1. The first kappa shape index (κ1) is 17.5. The van der Waals surface area contributed by atoms with E-state index in [1.807, 2.05) is 29.2 Å². The van der Waals surface area contributed by atoms with Crippen molar-refractivity contribution in [2.45, 2.75) is 32.2 Å². The second-order valence-corrected chi connectivity index (χ2v) is 7.58. The van der Waals surface area contributed by atoms with Crippen LogP contribution >= 0.6 is 0 Å².